The highest BCUT2D eigenvalue weighted by atomic mass is 35.5. The molecule has 0 unspecified atom stereocenters. The molecule has 4 nitrogen and oxygen atoms in total. The van der Waals surface area contributed by atoms with Gasteiger partial charge < -0.3 is 0 Å². The molecule has 1 heterocycles. The van der Waals surface area contributed by atoms with Gasteiger partial charge in [0.25, 0.3) is 0 Å². The summed E-state index contributed by atoms with van der Waals surface area (Å²) < 4.78 is 27.7. The minimum absolute atomic E-state index is 0.200. The maximum Gasteiger partial charge on any atom is 0.240 e. The summed E-state index contributed by atoms with van der Waals surface area (Å²) in [6.45, 7) is 4.10. The van der Waals surface area contributed by atoms with Gasteiger partial charge in [-0.1, -0.05) is 48.9 Å². The molecular formula is C19H19ClN2O2S2. The average Bonchev–Trinajstić information content (AvgIpc) is 3.01. The van der Waals surface area contributed by atoms with Crippen LogP contribution in [-0.2, 0) is 23.0 Å². The number of nitrogens with one attached hydrogen (secondary N) is 1. The molecule has 0 aliphatic heterocycles. The van der Waals surface area contributed by atoms with Gasteiger partial charge in [-0.05, 0) is 37.1 Å². The molecule has 0 aliphatic rings. The fraction of sp³-hybridized carbons (Fsp3) is 0.211. The first-order chi connectivity index (χ1) is 12.4. The maximum atomic E-state index is 12.5. The minimum atomic E-state index is -3.56. The van der Waals surface area contributed by atoms with Crippen LogP contribution in [0.15, 0.2) is 53.4 Å². The molecule has 0 saturated carbocycles. The van der Waals surface area contributed by atoms with Crippen LogP contribution in [-0.4, -0.2) is 13.4 Å². The van der Waals surface area contributed by atoms with Gasteiger partial charge in [0.2, 0.25) is 10.0 Å². The van der Waals surface area contributed by atoms with Gasteiger partial charge in [-0.3, -0.25) is 0 Å². The highest BCUT2D eigenvalue weighted by Crippen LogP contribution is 2.32. The van der Waals surface area contributed by atoms with Crippen molar-refractivity contribution in [2.75, 3.05) is 0 Å². The first kappa shape index (κ1) is 19.0. The maximum absolute atomic E-state index is 12.5. The van der Waals surface area contributed by atoms with Crippen LogP contribution >= 0.6 is 22.9 Å². The lowest BCUT2D eigenvalue weighted by Crippen LogP contribution is -2.23. The molecule has 0 amide bonds. The van der Waals surface area contributed by atoms with Crippen LogP contribution in [0.1, 0.15) is 23.1 Å². The van der Waals surface area contributed by atoms with E-state index in [0.29, 0.717) is 5.02 Å². The van der Waals surface area contributed by atoms with E-state index in [-0.39, 0.29) is 11.4 Å². The third-order valence-corrected chi connectivity index (χ3v) is 7.00. The fourth-order valence-corrected chi connectivity index (χ4v) is 4.90. The molecule has 3 aromatic rings. The molecule has 0 aliphatic carbocycles. The number of hydrogen-bond acceptors (Lipinski definition) is 4. The summed E-state index contributed by atoms with van der Waals surface area (Å²) in [5.41, 5.74) is 2.76. The van der Waals surface area contributed by atoms with Crippen LogP contribution in [0, 0.1) is 6.92 Å². The van der Waals surface area contributed by atoms with E-state index in [1.165, 1.54) is 11.3 Å². The van der Waals surface area contributed by atoms with Gasteiger partial charge >= 0.3 is 0 Å². The lowest BCUT2D eigenvalue weighted by Gasteiger charge is -2.06. The van der Waals surface area contributed by atoms with E-state index in [1.54, 1.807) is 12.1 Å². The highest BCUT2D eigenvalue weighted by molar-refractivity contribution is 7.89. The number of hydrogen-bond donors (Lipinski definition) is 1. The highest BCUT2D eigenvalue weighted by Gasteiger charge is 2.17. The number of thiazole rings is 1. The van der Waals surface area contributed by atoms with Crippen molar-refractivity contribution in [3.63, 3.8) is 0 Å². The van der Waals surface area contributed by atoms with Crippen molar-refractivity contribution in [2.24, 2.45) is 0 Å². The summed E-state index contributed by atoms with van der Waals surface area (Å²) in [5, 5.41) is 1.42. The summed E-state index contributed by atoms with van der Waals surface area (Å²) in [6.07, 6.45) is 0.874. The Labute approximate surface area is 162 Å². The molecule has 0 radical (unpaired) electrons. The van der Waals surface area contributed by atoms with Gasteiger partial charge in [0, 0.05) is 17.0 Å². The van der Waals surface area contributed by atoms with Gasteiger partial charge in [0.1, 0.15) is 5.01 Å². The predicted molar refractivity (Wildman–Crippen MR) is 107 cm³/mol. The van der Waals surface area contributed by atoms with E-state index < -0.39 is 10.0 Å². The molecule has 0 saturated heterocycles. The third-order valence-electron chi connectivity index (χ3n) is 4.06. The molecule has 3 rings (SSSR count). The van der Waals surface area contributed by atoms with E-state index in [0.717, 1.165) is 33.1 Å². The lowest BCUT2D eigenvalue weighted by atomic mass is 10.2. The van der Waals surface area contributed by atoms with Crippen molar-refractivity contribution in [3.8, 4) is 10.6 Å². The zero-order valence-electron chi connectivity index (χ0n) is 14.5. The van der Waals surface area contributed by atoms with Crippen molar-refractivity contribution in [1.82, 2.24) is 9.71 Å². The average molecular weight is 407 g/mol. The zero-order valence-corrected chi connectivity index (χ0v) is 16.9. The van der Waals surface area contributed by atoms with Crippen molar-refractivity contribution in [2.45, 2.75) is 31.7 Å². The summed E-state index contributed by atoms with van der Waals surface area (Å²) in [7, 11) is -3.56. The van der Waals surface area contributed by atoms with Crippen molar-refractivity contribution in [1.29, 1.82) is 0 Å². The quantitative estimate of drug-likeness (QED) is 0.638. The fourth-order valence-electron chi connectivity index (χ4n) is 2.49. The Bertz CT molecular complexity index is 1010. The van der Waals surface area contributed by atoms with Crippen molar-refractivity contribution in [3.05, 3.63) is 69.7 Å². The SMILES string of the molecule is CCc1ccc(S(=O)(=O)NCc2sc(-c3ccccc3Cl)nc2C)cc1. The number of aryl methyl sites for hydroxylation is 2. The summed E-state index contributed by atoms with van der Waals surface area (Å²) >= 11 is 7.68. The second kappa shape index (κ2) is 7.88. The first-order valence-corrected chi connectivity index (χ1v) is 10.9. The van der Waals surface area contributed by atoms with Crippen LogP contribution < -0.4 is 4.72 Å². The molecule has 0 bridgehead atoms. The van der Waals surface area contributed by atoms with Gasteiger partial charge in [-0.15, -0.1) is 11.3 Å². The Morgan fingerprint density at radius 1 is 1.12 bits per heavy atom. The predicted octanol–water partition coefficient (Wildman–Crippen LogP) is 4.81. The van der Waals surface area contributed by atoms with E-state index in [9.17, 15) is 8.42 Å². The number of rotatable bonds is 6. The number of benzene rings is 2. The molecular weight excluding hydrogens is 388 g/mol. The van der Waals surface area contributed by atoms with Gasteiger partial charge in [0.15, 0.2) is 0 Å². The van der Waals surface area contributed by atoms with Crippen LogP contribution in [0.25, 0.3) is 10.6 Å². The number of halogens is 1. The Hall–Kier alpha value is -1.73. The first-order valence-electron chi connectivity index (χ1n) is 8.20. The topological polar surface area (TPSA) is 59.1 Å². The molecule has 7 heteroatoms. The Morgan fingerprint density at radius 2 is 1.81 bits per heavy atom. The molecule has 0 spiro atoms. The molecule has 0 fully saturated rings. The summed E-state index contributed by atoms with van der Waals surface area (Å²) in [5.74, 6) is 0. The minimum Gasteiger partial charge on any atom is -0.241 e. The Morgan fingerprint density at radius 3 is 2.46 bits per heavy atom. The Balaban J connectivity index is 1.78. The van der Waals surface area contributed by atoms with Gasteiger partial charge in [0.05, 0.1) is 15.6 Å². The molecule has 26 heavy (non-hydrogen) atoms. The van der Waals surface area contributed by atoms with Crippen LogP contribution in [0.3, 0.4) is 0 Å². The Kier molecular flexibility index (Phi) is 5.77. The van der Waals surface area contributed by atoms with Crippen LogP contribution in [0.4, 0.5) is 0 Å². The monoisotopic (exact) mass is 406 g/mol. The largest absolute Gasteiger partial charge is 0.241 e. The van der Waals surface area contributed by atoms with Crippen molar-refractivity contribution < 1.29 is 8.42 Å². The smallest absolute Gasteiger partial charge is 0.240 e. The molecule has 1 aromatic heterocycles. The third kappa shape index (κ3) is 4.15. The summed E-state index contributed by atoms with van der Waals surface area (Å²) in [6, 6.07) is 14.4. The molecule has 1 N–H and O–H groups in total. The number of sulfonamides is 1. The number of aromatic nitrogens is 1. The van der Waals surface area contributed by atoms with Crippen molar-refractivity contribution >= 4 is 33.0 Å². The van der Waals surface area contributed by atoms with E-state index >= 15 is 0 Å². The van der Waals surface area contributed by atoms with Gasteiger partial charge in [-0.2, -0.15) is 0 Å². The van der Waals surface area contributed by atoms with E-state index in [2.05, 4.69) is 9.71 Å². The second-order valence-corrected chi connectivity index (χ2v) is 9.09. The van der Waals surface area contributed by atoms with Crippen LogP contribution in [0.2, 0.25) is 5.02 Å². The lowest BCUT2D eigenvalue weighted by molar-refractivity contribution is 0.581. The standard InChI is InChI=1S/C19H19ClN2O2S2/c1-3-14-8-10-15(11-9-14)26(23,24)21-12-18-13(2)22-19(25-18)16-6-4-5-7-17(16)20/h4-11,21H,3,12H2,1-2H3. The second-order valence-electron chi connectivity index (χ2n) is 5.83. The molecule has 136 valence electrons. The van der Waals surface area contributed by atoms with E-state index in [4.69, 9.17) is 11.6 Å². The van der Waals surface area contributed by atoms with Crippen LogP contribution in [0.5, 0.6) is 0 Å². The molecule has 2 aromatic carbocycles. The number of nitrogens with zero attached hydrogens (tertiary/aromatic N) is 1. The van der Waals surface area contributed by atoms with Gasteiger partial charge in [-0.25, -0.2) is 18.1 Å². The molecule has 0 atom stereocenters. The summed E-state index contributed by atoms with van der Waals surface area (Å²) in [4.78, 5) is 5.67. The normalized spacial score (nSPS) is 11.7. The van der Waals surface area contributed by atoms with E-state index in [1.807, 2.05) is 50.2 Å². The zero-order chi connectivity index (χ0) is 18.7.